The van der Waals surface area contributed by atoms with Crippen LogP contribution in [0.25, 0.3) is 0 Å². The average Bonchev–Trinajstić information content (AvgIpc) is 2.98. The minimum absolute atomic E-state index is 0.406. The Balaban J connectivity index is 1.90. The van der Waals surface area contributed by atoms with Crippen LogP contribution in [-0.2, 0) is 6.54 Å². The number of hydrogen-bond acceptors (Lipinski definition) is 4. The minimum atomic E-state index is 0.406. The normalized spacial score (nSPS) is 18.8. The lowest BCUT2D eigenvalue weighted by atomic mass is 10.1. The van der Waals surface area contributed by atoms with Gasteiger partial charge in [0.15, 0.2) is 0 Å². The van der Waals surface area contributed by atoms with E-state index in [9.17, 15) is 0 Å². The van der Waals surface area contributed by atoms with E-state index in [1.165, 1.54) is 18.4 Å². The van der Waals surface area contributed by atoms with E-state index in [4.69, 9.17) is 5.73 Å². The van der Waals surface area contributed by atoms with Gasteiger partial charge < -0.3 is 10.6 Å². The highest BCUT2D eigenvalue weighted by molar-refractivity contribution is 5.45. The largest absolute Gasteiger partial charge is 0.350 e. The fraction of sp³-hybridized carbons (Fsp3) is 0.333. The van der Waals surface area contributed by atoms with Gasteiger partial charge in [-0.25, -0.2) is 4.98 Å². The first-order valence-corrected chi connectivity index (χ1v) is 6.70. The van der Waals surface area contributed by atoms with E-state index in [-0.39, 0.29) is 0 Å². The number of nitrogens with zero attached hydrogens (tertiary/aromatic N) is 3. The van der Waals surface area contributed by atoms with E-state index in [0.29, 0.717) is 12.6 Å². The predicted octanol–water partition coefficient (Wildman–Crippen LogP) is 2.28. The maximum Gasteiger partial charge on any atom is 0.129 e. The van der Waals surface area contributed by atoms with Crippen molar-refractivity contribution in [1.29, 1.82) is 0 Å². The summed E-state index contributed by atoms with van der Waals surface area (Å²) in [7, 11) is 0. The van der Waals surface area contributed by atoms with Crippen molar-refractivity contribution in [2.24, 2.45) is 5.73 Å². The molecule has 3 rings (SSSR count). The minimum Gasteiger partial charge on any atom is -0.350 e. The van der Waals surface area contributed by atoms with Gasteiger partial charge in [0.2, 0.25) is 0 Å². The Labute approximate surface area is 113 Å². The number of anilines is 1. The first-order valence-electron chi connectivity index (χ1n) is 6.70. The van der Waals surface area contributed by atoms with Gasteiger partial charge in [-0.15, -0.1) is 0 Å². The van der Waals surface area contributed by atoms with Crippen molar-refractivity contribution in [3.63, 3.8) is 0 Å². The molecule has 1 fully saturated rings. The Kier molecular flexibility index (Phi) is 3.42. The smallest absolute Gasteiger partial charge is 0.129 e. The SMILES string of the molecule is NCc1ccnc(N2CCCC2c2ccncc2)c1. The van der Waals surface area contributed by atoms with Crippen molar-refractivity contribution >= 4 is 5.82 Å². The van der Waals surface area contributed by atoms with Gasteiger partial charge in [0.05, 0.1) is 6.04 Å². The van der Waals surface area contributed by atoms with Crippen LogP contribution < -0.4 is 10.6 Å². The van der Waals surface area contributed by atoms with Gasteiger partial charge in [-0.05, 0) is 48.2 Å². The zero-order valence-electron chi connectivity index (χ0n) is 10.9. The highest BCUT2D eigenvalue weighted by Crippen LogP contribution is 2.34. The summed E-state index contributed by atoms with van der Waals surface area (Å²) >= 11 is 0. The fourth-order valence-electron chi connectivity index (χ4n) is 2.72. The van der Waals surface area contributed by atoms with Crippen LogP contribution in [0.15, 0.2) is 42.9 Å². The van der Waals surface area contributed by atoms with Gasteiger partial charge in [0.25, 0.3) is 0 Å². The summed E-state index contributed by atoms with van der Waals surface area (Å²) in [5.41, 5.74) is 8.15. The molecular weight excluding hydrogens is 236 g/mol. The molecule has 2 N–H and O–H groups in total. The third-order valence-corrected chi connectivity index (χ3v) is 3.68. The molecule has 3 heterocycles. The molecule has 1 atom stereocenters. The van der Waals surface area contributed by atoms with E-state index in [2.05, 4.69) is 33.1 Å². The molecule has 0 aromatic carbocycles. The second-order valence-electron chi connectivity index (χ2n) is 4.86. The van der Waals surface area contributed by atoms with Crippen molar-refractivity contribution in [2.45, 2.75) is 25.4 Å². The quantitative estimate of drug-likeness (QED) is 0.913. The van der Waals surface area contributed by atoms with E-state index >= 15 is 0 Å². The van der Waals surface area contributed by atoms with Crippen LogP contribution in [0.2, 0.25) is 0 Å². The van der Waals surface area contributed by atoms with E-state index in [1.54, 1.807) is 0 Å². The first kappa shape index (κ1) is 12.1. The van der Waals surface area contributed by atoms with Gasteiger partial charge in [0.1, 0.15) is 5.82 Å². The lowest BCUT2D eigenvalue weighted by molar-refractivity contribution is 0.709. The lowest BCUT2D eigenvalue weighted by Crippen LogP contribution is -2.23. The van der Waals surface area contributed by atoms with Crippen LogP contribution in [0.5, 0.6) is 0 Å². The maximum atomic E-state index is 5.71. The van der Waals surface area contributed by atoms with E-state index in [0.717, 1.165) is 17.9 Å². The molecule has 1 aliphatic rings. The molecule has 0 aliphatic carbocycles. The zero-order valence-corrected chi connectivity index (χ0v) is 10.9. The number of hydrogen-bond donors (Lipinski definition) is 1. The van der Waals surface area contributed by atoms with Crippen LogP contribution >= 0.6 is 0 Å². The van der Waals surface area contributed by atoms with Crippen LogP contribution in [0.1, 0.15) is 30.0 Å². The summed E-state index contributed by atoms with van der Waals surface area (Å²) in [6, 6.07) is 8.66. The molecule has 1 unspecified atom stereocenters. The summed E-state index contributed by atoms with van der Waals surface area (Å²) in [6.07, 6.45) is 7.92. The Bertz CT molecular complexity index is 541. The second kappa shape index (κ2) is 5.36. The number of pyridine rings is 2. The summed E-state index contributed by atoms with van der Waals surface area (Å²) in [4.78, 5) is 11.0. The number of aromatic nitrogens is 2. The number of nitrogens with two attached hydrogens (primary N) is 1. The van der Waals surface area contributed by atoms with Crippen molar-refractivity contribution in [3.8, 4) is 0 Å². The molecule has 2 aromatic heterocycles. The Morgan fingerprint density at radius 1 is 1.21 bits per heavy atom. The molecule has 19 heavy (non-hydrogen) atoms. The molecule has 98 valence electrons. The van der Waals surface area contributed by atoms with Gasteiger partial charge in [0, 0.05) is 31.7 Å². The Hall–Kier alpha value is -1.94. The third kappa shape index (κ3) is 2.44. The molecule has 0 amide bonds. The van der Waals surface area contributed by atoms with Crippen LogP contribution in [0.4, 0.5) is 5.82 Å². The monoisotopic (exact) mass is 254 g/mol. The topological polar surface area (TPSA) is 55.0 Å². The van der Waals surface area contributed by atoms with Crippen molar-refractivity contribution in [3.05, 3.63) is 54.0 Å². The predicted molar refractivity (Wildman–Crippen MR) is 75.7 cm³/mol. The van der Waals surface area contributed by atoms with E-state index in [1.807, 2.05) is 24.7 Å². The van der Waals surface area contributed by atoms with E-state index < -0.39 is 0 Å². The highest BCUT2D eigenvalue weighted by Gasteiger charge is 2.26. The van der Waals surface area contributed by atoms with Crippen LogP contribution in [0.3, 0.4) is 0 Å². The summed E-state index contributed by atoms with van der Waals surface area (Å²) in [5.74, 6) is 1.03. The van der Waals surface area contributed by atoms with Crippen molar-refractivity contribution in [1.82, 2.24) is 9.97 Å². The molecule has 0 saturated carbocycles. The Morgan fingerprint density at radius 2 is 2.05 bits per heavy atom. The van der Waals surface area contributed by atoms with Crippen molar-refractivity contribution in [2.75, 3.05) is 11.4 Å². The van der Waals surface area contributed by atoms with Crippen molar-refractivity contribution < 1.29 is 0 Å². The molecule has 0 spiro atoms. The average molecular weight is 254 g/mol. The molecule has 4 nitrogen and oxygen atoms in total. The molecule has 0 bridgehead atoms. The molecule has 4 heteroatoms. The summed E-state index contributed by atoms with van der Waals surface area (Å²) < 4.78 is 0. The summed E-state index contributed by atoms with van der Waals surface area (Å²) in [6.45, 7) is 1.61. The van der Waals surface area contributed by atoms with Gasteiger partial charge in [-0.1, -0.05) is 0 Å². The maximum absolute atomic E-state index is 5.71. The van der Waals surface area contributed by atoms with Gasteiger partial charge >= 0.3 is 0 Å². The summed E-state index contributed by atoms with van der Waals surface area (Å²) in [5, 5.41) is 0. The third-order valence-electron chi connectivity index (χ3n) is 3.68. The van der Waals surface area contributed by atoms with Crippen LogP contribution in [0, 0.1) is 0 Å². The molecule has 2 aromatic rings. The Morgan fingerprint density at radius 3 is 2.84 bits per heavy atom. The first-order chi connectivity index (χ1) is 9.38. The zero-order chi connectivity index (χ0) is 13.1. The van der Waals surface area contributed by atoms with Crippen LogP contribution in [-0.4, -0.2) is 16.5 Å². The highest BCUT2D eigenvalue weighted by atomic mass is 15.2. The second-order valence-corrected chi connectivity index (χ2v) is 4.86. The van der Waals surface area contributed by atoms with Gasteiger partial charge in [-0.2, -0.15) is 0 Å². The lowest BCUT2D eigenvalue weighted by Gasteiger charge is -2.26. The van der Waals surface area contributed by atoms with Gasteiger partial charge in [-0.3, -0.25) is 4.98 Å². The molecule has 1 aliphatic heterocycles. The standard InChI is InChI=1S/C15H18N4/c16-11-12-3-8-18-15(10-12)19-9-1-2-14(19)13-4-6-17-7-5-13/h3-8,10,14H,1-2,9,11,16H2. The fourth-order valence-corrected chi connectivity index (χ4v) is 2.72. The number of rotatable bonds is 3. The molecule has 1 saturated heterocycles. The molecule has 0 radical (unpaired) electrons. The molecular formula is C15H18N4.